The Kier molecular flexibility index (Phi) is 6.08. The number of hydrogen-bond acceptors (Lipinski definition) is 6. The quantitative estimate of drug-likeness (QED) is 0.530. The van der Waals surface area contributed by atoms with Crippen LogP contribution in [0.5, 0.6) is 11.5 Å². The Morgan fingerprint density at radius 2 is 1.69 bits per heavy atom. The van der Waals surface area contributed by atoms with Gasteiger partial charge in [-0.3, -0.25) is 9.59 Å². The van der Waals surface area contributed by atoms with Crippen LogP contribution in [0.2, 0.25) is 0 Å². The molecular weight excluding hydrogens is 377 g/mol. The van der Waals surface area contributed by atoms with Crippen LogP contribution in [0.25, 0.3) is 0 Å². The summed E-state index contributed by atoms with van der Waals surface area (Å²) in [4.78, 5) is 26.8. The zero-order valence-corrected chi connectivity index (χ0v) is 15.4. The number of aliphatic imine (C=N–C) groups is 1. The van der Waals surface area contributed by atoms with Crippen LogP contribution < -0.4 is 26.8 Å². The Bertz CT molecular complexity index is 955. The largest absolute Gasteiger partial charge is 0.457 e. The highest BCUT2D eigenvalue weighted by atomic mass is 19.1. The van der Waals surface area contributed by atoms with Crippen LogP contribution in [-0.4, -0.2) is 30.2 Å². The molecular formula is C20H20FN5O3. The Balaban J connectivity index is 1.71. The van der Waals surface area contributed by atoms with Gasteiger partial charge in [0.05, 0.1) is 0 Å². The number of hydrogen-bond donors (Lipinski definition) is 4. The van der Waals surface area contributed by atoms with E-state index < -0.39 is 17.9 Å². The van der Waals surface area contributed by atoms with E-state index in [1.807, 2.05) is 0 Å². The normalized spacial score (nSPS) is 15.6. The topological polar surface area (TPSA) is 132 Å². The van der Waals surface area contributed by atoms with E-state index in [1.54, 1.807) is 30.3 Å². The Morgan fingerprint density at radius 1 is 1.07 bits per heavy atom. The minimum Gasteiger partial charge on any atom is -0.457 e. The van der Waals surface area contributed by atoms with E-state index in [1.165, 1.54) is 24.3 Å². The second-order valence-corrected chi connectivity index (χ2v) is 6.25. The molecule has 0 saturated carbocycles. The molecule has 0 fully saturated rings. The zero-order chi connectivity index (χ0) is 20.8. The molecule has 150 valence electrons. The van der Waals surface area contributed by atoms with Crippen LogP contribution >= 0.6 is 0 Å². The molecule has 0 aromatic heterocycles. The average Bonchev–Trinajstić information content (AvgIpc) is 2.70. The minimum atomic E-state index is -0.850. The maximum Gasteiger partial charge on any atom is 0.246 e. The molecule has 29 heavy (non-hydrogen) atoms. The molecule has 8 nitrogen and oxygen atoms in total. The third kappa shape index (κ3) is 5.55. The number of nitrogens with one attached hydrogen (secondary N) is 2. The van der Waals surface area contributed by atoms with Crippen molar-refractivity contribution in [1.82, 2.24) is 10.6 Å². The van der Waals surface area contributed by atoms with Crippen molar-refractivity contribution in [2.75, 3.05) is 6.54 Å². The van der Waals surface area contributed by atoms with Gasteiger partial charge in [0.25, 0.3) is 0 Å². The Morgan fingerprint density at radius 3 is 2.28 bits per heavy atom. The average molecular weight is 397 g/mol. The van der Waals surface area contributed by atoms with Crippen molar-refractivity contribution in [3.8, 4) is 11.5 Å². The van der Waals surface area contributed by atoms with Gasteiger partial charge in [0.15, 0.2) is 6.04 Å². The molecule has 2 aromatic carbocycles. The summed E-state index contributed by atoms with van der Waals surface area (Å²) >= 11 is 0. The number of primary amides is 2. The van der Waals surface area contributed by atoms with Gasteiger partial charge in [-0.15, -0.1) is 0 Å². The molecule has 0 radical (unpaired) electrons. The molecule has 1 atom stereocenters. The van der Waals surface area contributed by atoms with Crippen LogP contribution in [0.4, 0.5) is 4.39 Å². The van der Waals surface area contributed by atoms with E-state index in [0.29, 0.717) is 35.3 Å². The van der Waals surface area contributed by atoms with Gasteiger partial charge in [-0.05, 0) is 54.6 Å². The molecule has 0 bridgehead atoms. The number of rotatable bonds is 8. The molecule has 0 aliphatic carbocycles. The fraction of sp³-hybridized carbons (Fsp3) is 0.150. The number of amides is 2. The van der Waals surface area contributed by atoms with Crippen LogP contribution in [0.3, 0.4) is 0 Å². The first-order valence-electron chi connectivity index (χ1n) is 8.83. The summed E-state index contributed by atoms with van der Waals surface area (Å²) in [6.45, 7) is 0.303. The molecule has 9 heteroatoms. The summed E-state index contributed by atoms with van der Waals surface area (Å²) < 4.78 is 18.6. The molecule has 1 aliphatic rings. The van der Waals surface area contributed by atoms with E-state index in [9.17, 15) is 14.0 Å². The number of ether oxygens (including phenoxy) is 1. The second kappa shape index (κ2) is 8.87. The van der Waals surface area contributed by atoms with Crippen molar-refractivity contribution in [1.29, 1.82) is 0 Å². The van der Waals surface area contributed by atoms with Crippen molar-refractivity contribution in [3.63, 3.8) is 0 Å². The lowest BCUT2D eigenvalue weighted by Gasteiger charge is -2.22. The fourth-order valence-electron chi connectivity index (χ4n) is 2.57. The van der Waals surface area contributed by atoms with Crippen molar-refractivity contribution in [3.05, 3.63) is 71.8 Å². The van der Waals surface area contributed by atoms with Crippen molar-refractivity contribution in [2.24, 2.45) is 16.5 Å². The third-order valence-electron chi connectivity index (χ3n) is 4.00. The fourth-order valence-corrected chi connectivity index (χ4v) is 2.57. The summed E-state index contributed by atoms with van der Waals surface area (Å²) in [6.07, 6.45) is 1.68. The van der Waals surface area contributed by atoms with E-state index in [0.717, 1.165) is 0 Å². The van der Waals surface area contributed by atoms with Gasteiger partial charge in [0.2, 0.25) is 11.8 Å². The molecule has 2 amide bonds. The number of halogens is 1. The van der Waals surface area contributed by atoms with E-state index >= 15 is 0 Å². The predicted octanol–water partition coefficient (Wildman–Crippen LogP) is 1.13. The first kappa shape index (κ1) is 19.9. The van der Waals surface area contributed by atoms with Crippen LogP contribution in [0.15, 0.2) is 65.4 Å². The van der Waals surface area contributed by atoms with Gasteiger partial charge in [-0.1, -0.05) is 0 Å². The summed E-state index contributed by atoms with van der Waals surface area (Å²) in [5.74, 6) is 0.619. The predicted molar refractivity (Wildman–Crippen MR) is 105 cm³/mol. The number of carbonyl (C=O) groups excluding carboxylic acids is 2. The summed E-state index contributed by atoms with van der Waals surface area (Å²) in [7, 11) is 0. The maximum atomic E-state index is 13.0. The Labute approximate surface area is 166 Å². The number of benzene rings is 2. The minimum absolute atomic E-state index is 0.141. The standard InChI is InChI=1S/C20H20FN5O3/c21-13-3-7-15(8-4-13)29-14-5-1-12(2-6-14)20-25-16(19(23)28)11-18(26-20)24-10-9-17(22)27/h1-8,11,16,24H,9-10H2,(H2,22,27)(H2,23,28)(H,25,26). The van der Waals surface area contributed by atoms with Crippen LogP contribution in [0.1, 0.15) is 12.0 Å². The molecule has 1 heterocycles. The maximum absolute atomic E-state index is 13.0. The van der Waals surface area contributed by atoms with E-state index in [2.05, 4.69) is 15.6 Å². The first-order chi connectivity index (χ1) is 13.9. The van der Waals surface area contributed by atoms with E-state index in [-0.39, 0.29) is 12.2 Å². The molecule has 6 N–H and O–H groups in total. The van der Waals surface area contributed by atoms with E-state index in [4.69, 9.17) is 16.2 Å². The third-order valence-corrected chi connectivity index (χ3v) is 4.00. The Hall–Kier alpha value is -3.88. The highest BCUT2D eigenvalue weighted by Gasteiger charge is 2.20. The van der Waals surface area contributed by atoms with Crippen LogP contribution in [-0.2, 0) is 9.59 Å². The molecule has 1 aliphatic heterocycles. The van der Waals surface area contributed by atoms with Crippen LogP contribution in [0, 0.1) is 5.82 Å². The molecule has 1 unspecified atom stereocenters. The highest BCUT2D eigenvalue weighted by molar-refractivity contribution is 6.02. The second-order valence-electron chi connectivity index (χ2n) is 6.25. The van der Waals surface area contributed by atoms with Gasteiger partial charge in [-0.25, -0.2) is 9.38 Å². The molecule has 0 spiro atoms. The van der Waals surface area contributed by atoms with Gasteiger partial charge in [-0.2, -0.15) is 0 Å². The number of carbonyl (C=O) groups is 2. The first-order valence-corrected chi connectivity index (χ1v) is 8.83. The van der Waals surface area contributed by atoms with Crippen molar-refractivity contribution >= 4 is 17.6 Å². The van der Waals surface area contributed by atoms with Gasteiger partial charge in [0.1, 0.15) is 29.0 Å². The molecule has 0 saturated heterocycles. The van der Waals surface area contributed by atoms with Crippen molar-refractivity contribution in [2.45, 2.75) is 12.5 Å². The number of nitrogens with two attached hydrogens (primary N) is 2. The number of nitrogens with zero attached hydrogens (tertiary/aromatic N) is 1. The smallest absolute Gasteiger partial charge is 0.246 e. The lowest BCUT2D eigenvalue weighted by atomic mass is 10.1. The monoisotopic (exact) mass is 397 g/mol. The lowest BCUT2D eigenvalue weighted by molar-refractivity contribution is -0.119. The summed E-state index contributed by atoms with van der Waals surface area (Å²) in [5, 5.41) is 6.05. The zero-order valence-electron chi connectivity index (χ0n) is 15.4. The summed E-state index contributed by atoms with van der Waals surface area (Å²) in [6, 6.07) is 11.8. The lowest BCUT2D eigenvalue weighted by Crippen LogP contribution is -2.41. The van der Waals surface area contributed by atoms with Gasteiger partial charge in [0, 0.05) is 18.5 Å². The summed E-state index contributed by atoms with van der Waals surface area (Å²) in [5.41, 5.74) is 11.2. The highest BCUT2D eigenvalue weighted by Crippen LogP contribution is 2.22. The molecule has 2 aromatic rings. The molecule has 3 rings (SSSR count). The SMILES string of the molecule is NC(=O)CCNC1=CC(C(N)=O)N=C(c2ccc(Oc3ccc(F)cc3)cc2)N1. The number of amidine groups is 1. The van der Waals surface area contributed by atoms with Gasteiger partial charge >= 0.3 is 0 Å². The van der Waals surface area contributed by atoms with Gasteiger partial charge < -0.3 is 26.8 Å². The van der Waals surface area contributed by atoms with Crippen molar-refractivity contribution < 1.29 is 18.7 Å².